The molecule has 6 nitrogen and oxygen atoms in total. The SMILES string of the molecule is C[C@@H](NC=O)c1cnn(C)c1C/C(Cl)=N/O. The molecule has 16 heavy (non-hydrogen) atoms. The summed E-state index contributed by atoms with van der Waals surface area (Å²) in [5, 5.41) is 18.2. The summed E-state index contributed by atoms with van der Waals surface area (Å²) in [6, 6.07) is -0.163. The van der Waals surface area contributed by atoms with Gasteiger partial charge in [0, 0.05) is 19.0 Å². The minimum Gasteiger partial charge on any atom is -0.410 e. The van der Waals surface area contributed by atoms with E-state index >= 15 is 0 Å². The first-order valence-corrected chi connectivity index (χ1v) is 5.04. The largest absolute Gasteiger partial charge is 0.410 e. The van der Waals surface area contributed by atoms with Gasteiger partial charge in [-0.15, -0.1) is 0 Å². The Labute approximate surface area is 97.9 Å². The van der Waals surface area contributed by atoms with Crippen LogP contribution < -0.4 is 5.32 Å². The molecule has 0 aromatic carbocycles. The van der Waals surface area contributed by atoms with Crippen LogP contribution in [0, 0.1) is 0 Å². The molecular formula is C9H13ClN4O2. The van der Waals surface area contributed by atoms with Gasteiger partial charge in [0.15, 0.2) is 5.17 Å². The smallest absolute Gasteiger partial charge is 0.207 e. The van der Waals surface area contributed by atoms with Gasteiger partial charge in [0.2, 0.25) is 6.41 Å². The number of rotatable bonds is 5. The molecule has 1 atom stereocenters. The first-order valence-electron chi connectivity index (χ1n) is 4.67. The van der Waals surface area contributed by atoms with Gasteiger partial charge >= 0.3 is 0 Å². The molecule has 0 unspecified atom stereocenters. The van der Waals surface area contributed by atoms with Gasteiger partial charge in [0.1, 0.15) is 0 Å². The minimum atomic E-state index is -0.163. The van der Waals surface area contributed by atoms with Crippen LogP contribution in [0.15, 0.2) is 11.4 Å². The molecule has 1 aromatic heterocycles. The summed E-state index contributed by atoms with van der Waals surface area (Å²) in [5.41, 5.74) is 1.64. The number of aryl methyl sites for hydroxylation is 1. The van der Waals surface area contributed by atoms with Crippen LogP contribution in [0.25, 0.3) is 0 Å². The number of oxime groups is 1. The highest BCUT2D eigenvalue weighted by Gasteiger charge is 2.15. The number of aromatic nitrogens is 2. The van der Waals surface area contributed by atoms with Gasteiger partial charge in [0.05, 0.1) is 17.9 Å². The molecule has 0 bridgehead atoms. The number of hydrogen-bond acceptors (Lipinski definition) is 4. The van der Waals surface area contributed by atoms with E-state index in [1.54, 1.807) is 17.9 Å². The lowest BCUT2D eigenvalue weighted by atomic mass is 10.1. The average Bonchev–Trinajstić information content (AvgIpc) is 2.61. The van der Waals surface area contributed by atoms with Crippen molar-refractivity contribution in [2.75, 3.05) is 0 Å². The first-order chi connectivity index (χ1) is 7.60. The van der Waals surface area contributed by atoms with Crippen molar-refractivity contribution in [3.05, 3.63) is 17.5 Å². The molecule has 0 aliphatic carbocycles. The Kier molecular flexibility index (Phi) is 4.30. The van der Waals surface area contributed by atoms with Crippen molar-refractivity contribution in [2.45, 2.75) is 19.4 Å². The summed E-state index contributed by atoms with van der Waals surface area (Å²) in [6.07, 6.45) is 2.55. The van der Waals surface area contributed by atoms with E-state index in [1.165, 1.54) is 0 Å². The summed E-state index contributed by atoms with van der Waals surface area (Å²) in [7, 11) is 1.76. The molecule has 0 saturated carbocycles. The Morgan fingerprint density at radius 1 is 1.88 bits per heavy atom. The summed E-state index contributed by atoms with van der Waals surface area (Å²) in [6.45, 7) is 1.83. The van der Waals surface area contributed by atoms with Crippen LogP contribution in [-0.4, -0.2) is 26.6 Å². The number of nitrogens with zero attached hydrogens (tertiary/aromatic N) is 3. The predicted molar refractivity (Wildman–Crippen MR) is 59.6 cm³/mol. The van der Waals surface area contributed by atoms with Crippen molar-refractivity contribution < 1.29 is 10.0 Å². The van der Waals surface area contributed by atoms with Crippen molar-refractivity contribution in [1.29, 1.82) is 0 Å². The van der Waals surface area contributed by atoms with Crippen LogP contribution in [0.2, 0.25) is 0 Å². The van der Waals surface area contributed by atoms with Crippen molar-refractivity contribution in [3.8, 4) is 0 Å². The van der Waals surface area contributed by atoms with E-state index in [4.69, 9.17) is 16.8 Å². The second kappa shape index (κ2) is 5.50. The molecule has 0 saturated heterocycles. The van der Waals surface area contributed by atoms with Gasteiger partial charge < -0.3 is 10.5 Å². The molecular weight excluding hydrogens is 232 g/mol. The van der Waals surface area contributed by atoms with Gasteiger partial charge in [-0.05, 0) is 6.92 Å². The zero-order chi connectivity index (χ0) is 12.1. The van der Waals surface area contributed by atoms with E-state index in [9.17, 15) is 4.79 Å². The van der Waals surface area contributed by atoms with Crippen LogP contribution in [0.4, 0.5) is 0 Å². The Balaban J connectivity index is 2.97. The van der Waals surface area contributed by atoms with Crippen molar-refractivity contribution in [1.82, 2.24) is 15.1 Å². The number of carbonyl (C=O) groups is 1. The van der Waals surface area contributed by atoms with E-state index in [1.807, 2.05) is 6.92 Å². The van der Waals surface area contributed by atoms with Gasteiger partial charge in [0.25, 0.3) is 0 Å². The molecule has 1 heterocycles. The molecule has 0 fully saturated rings. The molecule has 0 spiro atoms. The normalized spacial score (nSPS) is 13.6. The highest BCUT2D eigenvalue weighted by Crippen LogP contribution is 2.18. The number of carbonyl (C=O) groups excluding carboxylic acids is 1. The van der Waals surface area contributed by atoms with E-state index < -0.39 is 0 Å². The first kappa shape index (κ1) is 12.5. The van der Waals surface area contributed by atoms with Gasteiger partial charge in [-0.1, -0.05) is 16.8 Å². The Hall–Kier alpha value is -1.56. The maximum Gasteiger partial charge on any atom is 0.207 e. The van der Waals surface area contributed by atoms with E-state index in [2.05, 4.69) is 15.6 Å². The third kappa shape index (κ3) is 2.73. The fourth-order valence-electron chi connectivity index (χ4n) is 1.42. The second-order valence-electron chi connectivity index (χ2n) is 3.33. The Morgan fingerprint density at radius 2 is 2.56 bits per heavy atom. The van der Waals surface area contributed by atoms with Crippen LogP contribution >= 0.6 is 11.6 Å². The van der Waals surface area contributed by atoms with Crippen molar-refractivity contribution in [2.24, 2.45) is 12.2 Å². The molecule has 1 rings (SSSR count). The maximum absolute atomic E-state index is 10.4. The van der Waals surface area contributed by atoms with Crippen LogP contribution in [0.1, 0.15) is 24.2 Å². The summed E-state index contributed by atoms with van der Waals surface area (Å²) < 4.78 is 1.63. The van der Waals surface area contributed by atoms with Gasteiger partial charge in [-0.2, -0.15) is 5.10 Å². The predicted octanol–water partition coefficient (Wildman–Crippen LogP) is 0.796. The Bertz CT molecular complexity index is 402. The van der Waals surface area contributed by atoms with Crippen LogP contribution in [0.3, 0.4) is 0 Å². The molecule has 0 aliphatic rings. The highest BCUT2D eigenvalue weighted by molar-refractivity contribution is 6.65. The summed E-state index contributed by atoms with van der Waals surface area (Å²) >= 11 is 5.65. The fourth-order valence-corrected chi connectivity index (χ4v) is 1.55. The number of halogens is 1. The third-order valence-corrected chi connectivity index (χ3v) is 2.51. The third-order valence-electron chi connectivity index (χ3n) is 2.30. The molecule has 1 aromatic rings. The second-order valence-corrected chi connectivity index (χ2v) is 3.77. The molecule has 88 valence electrons. The van der Waals surface area contributed by atoms with Crippen molar-refractivity contribution in [3.63, 3.8) is 0 Å². The highest BCUT2D eigenvalue weighted by atomic mass is 35.5. The van der Waals surface area contributed by atoms with E-state index in [0.717, 1.165) is 11.3 Å². The fraction of sp³-hybridized carbons (Fsp3) is 0.444. The molecule has 0 radical (unpaired) electrons. The Morgan fingerprint density at radius 3 is 3.12 bits per heavy atom. The lowest BCUT2D eigenvalue weighted by molar-refractivity contribution is -0.110. The maximum atomic E-state index is 10.4. The van der Waals surface area contributed by atoms with Crippen LogP contribution in [0.5, 0.6) is 0 Å². The molecule has 0 aliphatic heterocycles. The zero-order valence-corrected chi connectivity index (χ0v) is 9.77. The quantitative estimate of drug-likeness (QED) is 0.348. The van der Waals surface area contributed by atoms with Gasteiger partial charge in [-0.25, -0.2) is 0 Å². The summed E-state index contributed by atoms with van der Waals surface area (Å²) in [4.78, 5) is 10.4. The minimum absolute atomic E-state index is 0.0724. The molecule has 1 amide bonds. The number of amides is 1. The molecule has 7 heteroatoms. The van der Waals surface area contributed by atoms with Crippen molar-refractivity contribution >= 4 is 23.2 Å². The number of nitrogens with one attached hydrogen (secondary N) is 1. The van der Waals surface area contributed by atoms with Crippen LogP contribution in [-0.2, 0) is 18.3 Å². The lowest BCUT2D eigenvalue weighted by Gasteiger charge is -2.11. The average molecular weight is 245 g/mol. The molecule has 2 N–H and O–H groups in total. The van der Waals surface area contributed by atoms with E-state index in [-0.39, 0.29) is 17.6 Å². The monoisotopic (exact) mass is 244 g/mol. The lowest BCUT2D eigenvalue weighted by Crippen LogP contribution is -2.18. The summed E-state index contributed by atoms with van der Waals surface area (Å²) in [5.74, 6) is 0. The standard InChI is InChI=1S/C9H13ClN4O2/c1-6(11-5-15)7-4-12-14(2)8(7)3-9(10)13-16/h4-6,16H,3H2,1-2H3,(H,11,15)/b13-9-/t6-/m1/s1. The van der Waals surface area contributed by atoms with E-state index in [0.29, 0.717) is 6.41 Å². The zero-order valence-electron chi connectivity index (χ0n) is 9.01. The van der Waals surface area contributed by atoms with Gasteiger partial charge in [-0.3, -0.25) is 9.48 Å². The topological polar surface area (TPSA) is 79.5 Å². The number of hydrogen-bond donors (Lipinski definition) is 2.